The van der Waals surface area contributed by atoms with Crippen LogP contribution in [0.5, 0.6) is 0 Å². The lowest BCUT2D eigenvalue weighted by Crippen LogP contribution is -2.44. The molecule has 3 heteroatoms. The zero-order valence-corrected chi connectivity index (χ0v) is 18.9. The van der Waals surface area contributed by atoms with Crippen molar-refractivity contribution in [2.45, 2.75) is 109 Å². The highest BCUT2D eigenvalue weighted by Gasteiger charge is 2.42. The topological polar surface area (TPSA) is 22.1 Å². The summed E-state index contributed by atoms with van der Waals surface area (Å²) in [5.74, 6) is 0.864. The van der Waals surface area contributed by atoms with Gasteiger partial charge in [-0.3, -0.25) is 4.98 Å². The maximum Gasteiger partial charge on any atom is 0.192 e. The summed E-state index contributed by atoms with van der Waals surface area (Å²) in [7, 11) is -1.61. The Hall–Kier alpha value is -0.673. The molecule has 1 atom stereocenters. The Balaban J connectivity index is 1.56. The zero-order valence-electron chi connectivity index (χ0n) is 17.9. The molecule has 1 aromatic heterocycles. The quantitative estimate of drug-likeness (QED) is 0.286. The lowest BCUT2D eigenvalue weighted by Gasteiger charge is -2.39. The summed E-state index contributed by atoms with van der Waals surface area (Å²) in [6.45, 7) is 11.9. The van der Waals surface area contributed by atoms with Crippen molar-refractivity contribution in [2.75, 3.05) is 0 Å². The molecule has 1 aromatic rings. The van der Waals surface area contributed by atoms with E-state index in [1.165, 1.54) is 69.8 Å². The van der Waals surface area contributed by atoms with Gasteiger partial charge in [0.1, 0.15) is 0 Å². The highest BCUT2D eigenvalue weighted by Crippen LogP contribution is 2.43. The number of unbranched alkanes of at least 4 members (excludes halogenated alkanes) is 5. The molecular weight excluding hydrogens is 334 g/mol. The molecule has 148 valence electrons. The fraction of sp³-hybridized carbons (Fsp3) is 0.783. The summed E-state index contributed by atoms with van der Waals surface area (Å²) in [6, 6.07) is 4.23. The third kappa shape index (κ3) is 7.52. The van der Waals surface area contributed by atoms with Crippen molar-refractivity contribution >= 4 is 8.32 Å². The molecule has 2 nitrogen and oxygen atoms in total. The van der Waals surface area contributed by atoms with Crippen LogP contribution >= 0.6 is 0 Å². The molecule has 0 aromatic carbocycles. The fourth-order valence-electron chi connectivity index (χ4n) is 3.34. The maximum absolute atomic E-state index is 6.75. The number of hydrogen-bond donors (Lipinski definition) is 0. The third-order valence-electron chi connectivity index (χ3n) is 6.33. The minimum Gasteiger partial charge on any atom is -0.414 e. The number of aryl methyl sites for hydroxylation is 1. The first-order valence-electron chi connectivity index (χ1n) is 10.9. The number of rotatable bonds is 12. The molecular formula is C23H41NOSi. The minimum absolute atomic E-state index is 0.328. The van der Waals surface area contributed by atoms with E-state index in [-0.39, 0.29) is 0 Å². The monoisotopic (exact) mass is 375 g/mol. The van der Waals surface area contributed by atoms with Gasteiger partial charge in [-0.25, -0.2) is 0 Å². The van der Waals surface area contributed by atoms with Crippen LogP contribution in [0.15, 0.2) is 24.5 Å². The smallest absolute Gasteiger partial charge is 0.192 e. The molecule has 2 rings (SSSR count). The Morgan fingerprint density at radius 3 is 2.31 bits per heavy atom. The molecule has 0 saturated heterocycles. The van der Waals surface area contributed by atoms with Crippen molar-refractivity contribution < 1.29 is 4.43 Å². The van der Waals surface area contributed by atoms with E-state index in [4.69, 9.17) is 4.43 Å². The molecule has 0 bridgehead atoms. The average Bonchev–Trinajstić information content (AvgIpc) is 3.41. The van der Waals surface area contributed by atoms with Gasteiger partial charge in [0.15, 0.2) is 8.32 Å². The van der Waals surface area contributed by atoms with Crippen molar-refractivity contribution in [3.05, 3.63) is 30.1 Å². The second-order valence-electron chi connectivity index (χ2n) is 9.78. The maximum atomic E-state index is 6.75. The first kappa shape index (κ1) is 21.6. The third-order valence-corrected chi connectivity index (χ3v) is 10.8. The van der Waals surface area contributed by atoms with Crippen LogP contribution in [0.4, 0.5) is 0 Å². The second-order valence-corrected chi connectivity index (χ2v) is 14.5. The molecule has 1 aliphatic rings. The molecule has 26 heavy (non-hydrogen) atoms. The van der Waals surface area contributed by atoms with Crippen LogP contribution in [0.1, 0.15) is 84.1 Å². The highest BCUT2D eigenvalue weighted by molar-refractivity contribution is 6.74. The molecule has 1 aliphatic carbocycles. The second kappa shape index (κ2) is 10.0. The minimum atomic E-state index is -1.61. The Morgan fingerprint density at radius 2 is 1.73 bits per heavy atom. The summed E-state index contributed by atoms with van der Waals surface area (Å²) in [4.78, 5) is 4.19. The van der Waals surface area contributed by atoms with Crippen molar-refractivity contribution in [1.29, 1.82) is 0 Å². The van der Waals surface area contributed by atoms with E-state index in [0.29, 0.717) is 11.1 Å². The molecule has 0 amide bonds. The van der Waals surface area contributed by atoms with E-state index in [0.717, 1.165) is 5.92 Å². The van der Waals surface area contributed by atoms with Gasteiger partial charge in [0.2, 0.25) is 0 Å². The van der Waals surface area contributed by atoms with Gasteiger partial charge in [0.05, 0.1) is 0 Å². The SMILES string of the molecule is CC(C)(C)[Si](C)(C)OC(CCCCCCCCc1cccnc1)C1CC1. The largest absolute Gasteiger partial charge is 0.414 e. The average molecular weight is 376 g/mol. The molecule has 0 spiro atoms. The van der Waals surface area contributed by atoms with Gasteiger partial charge in [-0.05, 0) is 67.8 Å². The number of aromatic nitrogens is 1. The van der Waals surface area contributed by atoms with Crippen molar-refractivity contribution in [3.63, 3.8) is 0 Å². The Labute approximate surface area is 163 Å². The van der Waals surface area contributed by atoms with E-state index in [1.54, 1.807) is 0 Å². The molecule has 0 radical (unpaired) electrons. The van der Waals surface area contributed by atoms with Gasteiger partial charge in [0.25, 0.3) is 0 Å². The first-order valence-corrected chi connectivity index (χ1v) is 13.8. The molecule has 1 saturated carbocycles. The summed E-state index contributed by atoms with van der Waals surface area (Å²) in [5.41, 5.74) is 1.38. The zero-order chi connectivity index (χ0) is 19.0. The van der Waals surface area contributed by atoms with Gasteiger partial charge in [-0.15, -0.1) is 0 Å². The lowest BCUT2D eigenvalue weighted by atomic mass is 10.0. The van der Waals surface area contributed by atoms with Crippen molar-refractivity contribution in [3.8, 4) is 0 Å². The number of nitrogens with zero attached hydrogens (tertiary/aromatic N) is 1. The van der Waals surface area contributed by atoms with E-state index in [1.807, 2.05) is 18.5 Å². The Kier molecular flexibility index (Phi) is 8.34. The van der Waals surface area contributed by atoms with Crippen LogP contribution in [0.3, 0.4) is 0 Å². The lowest BCUT2D eigenvalue weighted by molar-refractivity contribution is 0.145. The van der Waals surface area contributed by atoms with Crippen LogP contribution in [0, 0.1) is 5.92 Å². The van der Waals surface area contributed by atoms with Crippen LogP contribution in [-0.2, 0) is 10.8 Å². The molecule has 0 aliphatic heterocycles. The highest BCUT2D eigenvalue weighted by atomic mass is 28.4. The summed E-state index contributed by atoms with van der Waals surface area (Å²) in [6.07, 6.45) is 17.8. The van der Waals surface area contributed by atoms with E-state index < -0.39 is 8.32 Å². The van der Waals surface area contributed by atoms with Crippen LogP contribution in [0.25, 0.3) is 0 Å². The molecule has 1 heterocycles. The number of pyridine rings is 1. The van der Waals surface area contributed by atoms with Crippen molar-refractivity contribution in [1.82, 2.24) is 4.98 Å². The summed E-state index contributed by atoms with van der Waals surface area (Å²) < 4.78 is 6.75. The standard InChI is InChI=1S/C23H41NOSi/c1-23(2,3)26(4,5)25-22(21-16-17-21)15-11-9-7-6-8-10-13-20-14-12-18-24-19-20/h12,14,18-19,21-22H,6-11,13,15-17H2,1-5H3. The summed E-state index contributed by atoms with van der Waals surface area (Å²) in [5, 5.41) is 0.328. The number of hydrogen-bond acceptors (Lipinski definition) is 2. The molecule has 0 N–H and O–H groups in total. The van der Waals surface area contributed by atoms with E-state index >= 15 is 0 Å². The van der Waals surface area contributed by atoms with Gasteiger partial charge in [-0.2, -0.15) is 0 Å². The predicted octanol–water partition coefficient (Wildman–Crippen LogP) is 7.16. The summed E-state index contributed by atoms with van der Waals surface area (Å²) >= 11 is 0. The Bertz CT molecular complexity index is 505. The normalized spacial score (nSPS) is 16.7. The van der Waals surface area contributed by atoms with Crippen LogP contribution < -0.4 is 0 Å². The Morgan fingerprint density at radius 1 is 1.08 bits per heavy atom. The predicted molar refractivity (Wildman–Crippen MR) is 115 cm³/mol. The fourth-order valence-corrected chi connectivity index (χ4v) is 4.76. The van der Waals surface area contributed by atoms with Gasteiger partial charge in [0, 0.05) is 18.5 Å². The van der Waals surface area contributed by atoms with Crippen molar-refractivity contribution in [2.24, 2.45) is 5.92 Å². The van der Waals surface area contributed by atoms with Gasteiger partial charge < -0.3 is 4.43 Å². The van der Waals surface area contributed by atoms with Gasteiger partial charge >= 0.3 is 0 Å². The van der Waals surface area contributed by atoms with Gasteiger partial charge in [-0.1, -0.05) is 58.9 Å². The molecule has 1 fully saturated rings. The van der Waals surface area contributed by atoms with E-state index in [2.05, 4.69) is 44.9 Å². The van der Waals surface area contributed by atoms with Crippen LogP contribution in [0.2, 0.25) is 18.1 Å². The van der Waals surface area contributed by atoms with E-state index in [9.17, 15) is 0 Å². The molecule has 1 unspecified atom stereocenters. The van der Waals surface area contributed by atoms with Crippen LogP contribution in [-0.4, -0.2) is 19.4 Å². The first-order chi connectivity index (χ1) is 12.3.